The fourth-order valence-corrected chi connectivity index (χ4v) is 1.96. The van der Waals surface area contributed by atoms with Crippen molar-refractivity contribution in [2.24, 2.45) is 9.98 Å². The third-order valence-corrected chi connectivity index (χ3v) is 3.19. The number of aromatic nitrogens is 2. The Kier molecular flexibility index (Phi) is 4.57. The number of aliphatic imine (C=N–C) groups is 2. The highest BCUT2D eigenvalue weighted by atomic mass is 16.3. The van der Waals surface area contributed by atoms with E-state index < -0.39 is 0 Å². The Morgan fingerprint density at radius 1 is 0.667 bits per heavy atom. The van der Waals surface area contributed by atoms with Crippen LogP contribution in [0.4, 0.5) is 11.6 Å². The van der Waals surface area contributed by atoms with E-state index in [0.29, 0.717) is 22.8 Å². The Labute approximate surface area is 138 Å². The highest BCUT2D eigenvalue weighted by Gasteiger charge is 2.03. The van der Waals surface area contributed by atoms with Crippen molar-refractivity contribution in [2.45, 2.75) is 0 Å². The number of nitrogens with zero attached hydrogens (tertiary/aromatic N) is 4. The Hall–Kier alpha value is -3.54. The molecule has 24 heavy (non-hydrogen) atoms. The molecule has 2 N–H and O–H groups in total. The van der Waals surface area contributed by atoms with Gasteiger partial charge in [-0.2, -0.15) is 0 Å². The molecule has 0 saturated carbocycles. The van der Waals surface area contributed by atoms with Crippen LogP contribution in [0.3, 0.4) is 0 Å². The minimum absolute atomic E-state index is 0.129. The zero-order valence-electron chi connectivity index (χ0n) is 12.6. The van der Waals surface area contributed by atoms with E-state index in [4.69, 9.17) is 0 Å². The van der Waals surface area contributed by atoms with Crippen LogP contribution in [0.1, 0.15) is 11.1 Å². The first-order valence-corrected chi connectivity index (χ1v) is 7.19. The van der Waals surface area contributed by atoms with Gasteiger partial charge in [-0.15, -0.1) is 0 Å². The van der Waals surface area contributed by atoms with Crippen LogP contribution in [-0.4, -0.2) is 32.6 Å². The van der Waals surface area contributed by atoms with Crippen LogP contribution in [0.2, 0.25) is 0 Å². The Morgan fingerprint density at radius 3 is 1.50 bits per heavy atom. The molecule has 0 bridgehead atoms. The van der Waals surface area contributed by atoms with E-state index in [0.717, 1.165) is 0 Å². The van der Waals surface area contributed by atoms with Crippen molar-refractivity contribution in [3.8, 4) is 11.5 Å². The molecule has 6 nitrogen and oxygen atoms in total. The number of aromatic hydroxyl groups is 2. The number of hydrogen-bond acceptors (Lipinski definition) is 6. The second-order valence-electron chi connectivity index (χ2n) is 4.84. The quantitative estimate of drug-likeness (QED) is 0.721. The largest absolute Gasteiger partial charge is 0.507 e. The van der Waals surface area contributed by atoms with Gasteiger partial charge in [-0.3, -0.25) is 0 Å². The smallest absolute Gasteiger partial charge is 0.197 e. The number of rotatable bonds is 4. The average molecular weight is 318 g/mol. The molecule has 0 unspecified atom stereocenters. The van der Waals surface area contributed by atoms with Crippen LogP contribution in [0, 0.1) is 0 Å². The molecule has 0 aliphatic rings. The van der Waals surface area contributed by atoms with E-state index in [1.807, 2.05) is 0 Å². The SMILES string of the molecule is Oc1ccccc1C=Nc1nccnc1N=Cc1ccccc1O. The molecular weight excluding hydrogens is 304 g/mol. The van der Waals surface area contributed by atoms with Crippen LogP contribution in [0.5, 0.6) is 11.5 Å². The topological polar surface area (TPSA) is 91.0 Å². The average Bonchev–Trinajstić information content (AvgIpc) is 2.61. The number of para-hydroxylation sites is 2. The fourth-order valence-electron chi connectivity index (χ4n) is 1.96. The van der Waals surface area contributed by atoms with Gasteiger partial charge < -0.3 is 10.2 Å². The first kappa shape index (κ1) is 15.4. The summed E-state index contributed by atoms with van der Waals surface area (Å²) in [6, 6.07) is 13.7. The van der Waals surface area contributed by atoms with Gasteiger partial charge in [0.2, 0.25) is 0 Å². The maximum Gasteiger partial charge on any atom is 0.197 e. The second-order valence-corrected chi connectivity index (χ2v) is 4.84. The molecule has 2 aromatic carbocycles. The van der Waals surface area contributed by atoms with Crippen molar-refractivity contribution in [1.29, 1.82) is 0 Å². The lowest BCUT2D eigenvalue weighted by atomic mass is 10.2. The molecule has 118 valence electrons. The van der Waals surface area contributed by atoms with Gasteiger partial charge in [0.05, 0.1) is 0 Å². The van der Waals surface area contributed by atoms with Gasteiger partial charge in [0.15, 0.2) is 11.6 Å². The predicted molar refractivity (Wildman–Crippen MR) is 92.8 cm³/mol. The molecular formula is C18H14N4O2. The normalized spacial score (nSPS) is 11.3. The summed E-state index contributed by atoms with van der Waals surface area (Å²) in [6.07, 6.45) is 6.02. The summed E-state index contributed by atoms with van der Waals surface area (Å²) in [7, 11) is 0. The fraction of sp³-hybridized carbons (Fsp3) is 0. The third-order valence-electron chi connectivity index (χ3n) is 3.19. The number of phenols is 2. The highest BCUT2D eigenvalue weighted by molar-refractivity contribution is 5.87. The minimum Gasteiger partial charge on any atom is -0.507 e. The van der Waals surface area contributed by atoms with Crippen LogP contribution in [0.15, 0.2) is 70.9 Å². The molecule has 1 heterocycles. The summed E-state index contributed by atoms with van der Waals surface area (Å²) in [5, 5.41) is 19.5. The standard InChI is InChI=1S/C18H14N4O2/c23-15-7-3-1-5-13(15)11-21-17-18(20-10-9-19-17)22-12-14-6-2-4-8-16(14)24/h1-12,23-24H. The predicted octanol–water partition coefficient (Wildman–Crippen LogP) is 3.39. The van der Waals surface area contributed by atoms with Gasteiger partial charge in [-0.05, 0) is 24.3 Å². The van der Waals surface area contributed by atoms with Gasteiger partial charge >= 0.3 is 0 Å². The van der Waals surface area contributed by atoms with Gasteiger partial charge in [-0.25, -0.2) is 20.0 Å². The van der Waals surface area contributed by atoms with Crippen LogP contribution >= 0.6 is 0 Å². The lowest BCUT2D eigenvalue weighted by Gasteiger charge is -2.00. The molecule has 3 aromatic rings. The summed E-state index contributed by atoms with van der Waals surface area (Å²) < 4.78 is 0. The molecule has 0 spiro atoms. The minimum atomic E-state index is 0.129. The van der Waals surface area contributed by atoms with Crippen molar-refractivity contribution in [3.63, 3.8) is 0 Å². The van der Waals surface area contributed by atoms with E-state index in [-0.39, 0.29) is 11.5 Å². The lowest BCUT2D eigenvalue weighted by molar-refractivity contribution is 0.474. The van der Waals surface area contributed by atoms with E-state index in [9.17, 15) is 10.2 Å². The van der Waals surface area contributed by atoms with Crippen molar-refractivity contribution in [2.75, 3.05) is 0 Å². The molecule has 0 radical (unpaired) electrons. The summed E-state index contributed by atoms with van der Waals surface area (Å²) in [5.41, 5.74) is 1.14. The van der Waals surface area contributed by atoms with Gasteiger partial charge in [0.25, 0.3) is 0 Å². The van der Waals surface area contributed by atoms with E-state index in [2.05, 4.69) is 20.0 Å². The van der Waals surface area contributed by atoms with Gasteiger partial charge in [0.1, 0.15) is 11.5 Å². The van der Waals surface area contributed by atoms with Crippen molar-refractivity contribution in [3.05, 3.63) is 72.1 Å². The van der Waals surface area contributed by atoms with Crippen molar-refractivity contribution >= 4 is 24.1 Å². The Bertz CT molecular complexity index is 832. The lowest BCUT2D eigenvalue weighted by Crippen LogP contribution is -1.86. The molecule has 1 aromatic heterocycles. The summed E-state index contributed by atoms with van der Waals surface area (Å²) in [5.74, 6) is 0.883. The number of benzene rings is 2. The molecule has 0 aliphatic carbocycles. The number of phenolic OH excluding ortho intramolecular Hbond substituents is 2. The van der Waals surface area contributed by atoms with Crippen molar-refractivity contribution < 1.29 is 10.2 Å². The molecule has 0 aliphatic heterocycles. The Morgan fingerprint density at radius 2 is 1.08 bits per heavy atom. The van der Waals surface area contributed by atoms with Gasteiger partial charge in [0, 0.05) is 35.9 Å². The summed E-state index contributed by atoms with van der Waals surface area (Å²) in [4.78, 5) is 16.8. The van der Waals surface area contributed by atoms with E-state index in [1.165, 1.54) is 24.8 Å². The number of hydrogen-bond donors (Lipinski definition) is 2. The maximum absolute atomic E-state index is 9.76. The van der Waals surface area contributed by atoms with E-state index >= 15 is 0 Å². The maximum atomic E-state index is 9.76. The Balaban J connectivity index is 1.89. The van der Waals surface area contributed by atoms with Crippen LogP contribution in [0.25, 0.3) is 0 Å². The van der Waals surface area contributed by atoms with Gasteiger partial charge in [-0.1, -0.05) is 24.3 Å². The summed E-state index contributed by atoms with van der Waals surface area (Å²) >= 11 is 0. The second kappa shape index (κ2) is 7.15. The zero-order valence-corrected chi connectivity index (χ0v) is 12.6. The van der Waals surface area contributed by atoms with Crippen molar-refractivity contribution in [1.82, 2.24) is 9.97 Å². The molecule has 0 saturated heterocycles. The van der Waals surface area contributed by atoms with Crippen LogP contribution < -0.4 is 0 Å². The molecule has 6 heteroatoms. The van der Waals surface area contributed by atoms with Crippen LogP contribution in [-0.2, 0) is 0 Å². The summed E-state index contributed by atoms with van der Waals surface area (Å²) in [6.45, 7) is 0. The zero-order chi connectivity index (χ0) is 16.8. The monoisotopic (exact) mass is 318 g/mol. The first-order valence-electron chi connectivity index (χ1n) is 7.19. The molecule has 0 fully saturated rings. The molecule has 0 amide bonds. The molecule has 3 rings (SSSR count). The first-order chi connectivity index (χ1) is 11.7. The highest BCUT2D eigenvalue weighted by Crippen LogP contribution is 2.23. The third kappa shape index (κ3) is 3.61. The molecule has 0 atom stereocenters. The van der Waals surface area contributed by atoms with E-state index in [1.54, 1.807) is 48.5 Å².